The van der Waals surface area contributed by atoms with Crippen molar-refractivity contribution < 1.29 is 17.9 Å². The van der Waals surface area contributed by atoms with E-state index in [9.17, 15) is 8.42 Å². The van der Waals surface area contributed by atoms with Crippen molar-refractivity contribution in [2.75, 3.05) is 13.7 Å². The first-order chi connectivity index (χ1) is 14.8. The molecule has 0 fully saturated rings. The van der Waals surface area contributed by atoms with Crippen LogP contribution in [0.25, 0.3) is 0 Å². The number of aromatic nitrogens is 1. The molecule has 0 atom stereocenters. The van der Waals surface area contributed by atoms with Crippen LogP contribution in [0.15, 0.2) is 58.8 Å². The maximum absolute atomic E-state index is 13.2. The molecule has 3 aromatic rings. The number of ether oxygens (including phenoxy) is 2. The lowest BCUT2D eigenvalue weighted by molar-refractivity contribution is 0.304. The van der Waals surface area contributed by atoms with Crippen LogP contribution in [0.5, 0.6) is 11.5 Å². The first kappa shape index (κ1) is 23.5. The minimum atomic E-state index is -3.67. The molecule has 3 rings (SSSR count). The van der Waals surface area contributed by atoms with Crippen LogP contribution in [0.4, 0.5) is 0 Å². The van der Waals surface area contributed by atoms with Gasteiger partial charge in [0.15, 0.2) is 0 Å². The number of rotatable bonds is 10. The molecule has 0 radical (unpaired) electrons. The number of methoxy groups -OCH3 is 1. The SMILES string of the molecule is COc1ccc(S(=O)(=O)N(Cc2csc(COc3ccc(Cl)cc3)n2)CC(C)C)cc1. The molecule has 0 aliphatic heterocycles. The number of hydrogen-bond donors (Lipinski definition) is 0. The summed E-state index contributed by atoms with van der Waals surface area (Å²) in [7, 11) is -2.12. The van der Waals surface area contributed by atoms with Gasteiger partial charge >= 0.3 is 0 Å². The molecular formula is C22H25ClN2O4S2. The Kier molecular flexibility index (Phi) is 7.94. The Hall–Kier alpha value is -2.13. The molecule has 0 amide bonds. The third kappa shape index (κ3) is 6.43. The molecule has 0 saturated carbocycles. The number of halogens is 1. The van der Waals surface area contributed by atoms with Gasteiger partial charge in [-0.05, 0) is 54.4 Å². The average molecular weight is 481 g/mol. The second-order valence-electron chi connectivity index (χ2n) is 7.34. The summed E-state index contributed by atoms with van der Waals surface area (Å²) >= 11 is 7.33. The zero-order chi connectivity index (χ0) is 22.4. The largest absolute Gasteiger partial charge is 0.497 e. The van der Waals surface area contributed by atoms with Crippen molar-refractivity contribution >= 4 is 33.0 Å². The van der Waals surface area contributed by atoms with Crippen molar-refractivity contribution in [3.05, 3.63) is 69.6 Å². The van der Waals surface area contributed by atoms with E-state index in [1.165, 1.54) is 15.6 Å². The second kappa shape index (κ2) is 10.5. The summed E-state index contributed by atoms with van der Waals surface area (Å²) in [6.07, 6.45) is 0. The van der Waals surface area contributed by atoms with E-state index in [4.69, 9.17) is 21.1 Å². The number of hydrogen-bond acceptors (Lipinski definition) is 6. The van der Waals surface area contributed by atoms with E-state index in [-0.39, 0.29) is 17.4 Å². The van der Waals surface area contributed by atoms with Gasteiger partial charge in [-0.2, -0.15) is 4.31 Å². The van der Waals surface area contributed by atoms with Gasteiger partial charge in [-0.15, -0.1) is 11.3 Å². The standard InChI is InChI=1S/C22H25ClN2O4S2/c1-16(2)12-25(31(26,27)21-10-8-19(28-3)9-11-21)13-18-15-30-22(24-18)14-29-20-6-4-17(23)5-7-20/h4-11,15-16H,12-14H2,1-3H3. The third-order valence-corrected chi connectivity index (χ3v) is 7.33. The van der Waals surface area contributed by atoms with Crippen LogP contribution in [0.3, 0.4) is 0 Å². The highest BCUT2D eigenvalue weighted by molar-refractivity contribution is 7.89. The summed E-state index contributed by atoms with van der Waals surface area (Å²) in [6.45, 7) is 4.88. The normalized spacial score (nSPS) is 11.8. The summed E-state index contributed by atoms with van der Waals surface area (Å²) in [5.41, 5.74) is 0.692. The number of nitrogens with zero attached hydrogens (tertiary/aromatic N) is 2. The minimum absolute atomic E-state index is 0.166. The highest BCUT2D eigenvalue weighted by atomic mass is 35.5. The lowest BCUT2D eigenvalue weighted by Gasteiger charge is -2.23. The predicted octanol–water partition coefficient (Wildman–Crippen LogP) is 5.23. The predicted molar refractivity (Wildman–Crippen MR) is 123 cm³/mol. The van der Waals surface area contributed by atoms with Crippen molar-refractivity contribution in [2.24, 2.45) is 5.92 Å². The van der Waals surface area contributed by atoms with E-state index in [2.05, 4.69) is 4.98 Å². The molecule has 0 bridgehead atoms. The smallest absolute Gasteiger partial charge is 0.243 e. The van der Waals surface area contributed by atoms with Crippen LogP contribution in [-0.4, -0.2) is 31.4 Å². The highest BCUT2D eigenvalue weighted by Crippen LogP contribution is 2.24. The molecule has 31 heavy (non-hydrogen) atoms. The van der Waals surface area contributed by atoms with Gasteiger partial charge in [0.25, 0.3) is 0 Å². The van der Waals surface area contributed by atoms with Crippen LogP contribution < -0.4 is 9.47 Å². The van der Waals surface area contributed by atoms with E-state index in [0.717, 1.165) is 5.01 Å². The fraction of sp³-hybridized carbons (Fsp3) is 0.318. The molecule has 1 heterocycles. The van der Waals surface area contributed by atoms with Gasteiger partial charge in [0.1, 0.15) is 23.1 Å². The Morgan fingerprint density at radius 3 is 2.32 bits per heavy atom. The summed E-state index contributed by atoms with van der Waals surface area (Å²) in [4.78, 5) is 4.80. The van der Waals surface area contributed by atoms with Crippen molar-refractivity contribution in [1.82, 2.24) is 9.29 Å². The Balaban J connectivity index is 1.72. The third-order valence-electron chi connectivity index (χ3n) is 4.38. The molecule has 0 aliphatic carbocycles. The van der Waals surface area contributed by atoms with Crippen LogP contribution in [0.1, 0.15) is 24.5 Å². The molecule has 9 heteroatoms. The number of benzene rings is 2. The van der Waals surface area contributed by atoms with E-state index in [1.54, 1.807) is 55.6 Å². The topological polar surface area (TPSA) is 68.7 Å². The van der Waals surface area contributed by atoms with Gasteiger partial charge in [0.05, 0.1) is 24.2 Å². The summed E-state index contributed by atoms with van der Waals surface area (Å²) in [5.74, 6) is 1.48. The summed E-state index contributed by atoms with van der Waals surface area (Å²) in [6, 6.07) is 13.5. The molecule has 166 valence electrons. The van der Waals surface area contributed by atoms with Crippen LogP contribution in [0.2, 0.25) is 5.02 Å². The second-order valence-corrected chi connectivity index (χ2v) is 10.7. The van der Waals surface area contributed by atoms with Crippen LogP contribution in [-0.2, 0) is 23.2 Å². The van der Waals surface area contributed by atoms with Crippen molar-refractivity contribution in [3.63, 3.8) is 0 Å². The average Bonchev–Trinajstić information content (AvgIpc) is 3.20. The molecular weight excluding hydrogens is 456 g/mol. The van der Waals surface area contributed by atoms with Gasteiger partial charge in [0.2, 0.25) is 10.0 Å². The molecule has 0 spiro atoms. The quantitative estimate of drug-likeness (QED) is 0.397. The van der Waals surface area contributed by atoms with Crippen LogP contribution in [0, 0.1) is 5.92 Å². The number of thiazole rings is 1. The van der Waals surface area contributed by atoms with Crippen molar-refractivity contribution in [3.8, 4) is 11.5 Å². The highest BCUT2D eigenvalue weighted by Gasteiger charge is 2.26. The van der Waals surface area contributed by atoms with Gasteiger partial charge in [-0.1, -0.05) is 25.4 Å². The van der Waals surface area contributed by atoms with Gasteiger partial charge in [-0.25, -0.2) is 13.4 Å². The van der Waals surface area contributed by atoms with Gasteiger partial charge in [0, 0.05) is 16.9 Å². The Morgan fingerprint density at radius 1 is 1.06 bits per heavy atom. The van der Waals surface area contributed by atoms with Crippen molar-refractivity contribution in [2.45, 2.75) is 31.9 Å². The maximum atomic E-state index is 13.2. The van der Waals surface area contributed by atoms with Gasteiger partial charge in [-0.3, -0.25) is 0 Å². The van der Waals surface area contributed by atoms with E-state index < -0.39 is 10.0 Å². The monoisotopic (exact) mass is 480 g/mol. The molecule has 0 N–H and O–H groups in total. The molecule has 0 aliphatic rings. The molecule has 6 nitrogen and oxygen atoms in total. The fourth-order valence-electron chi connectivity index (χ4n) is 2.90. The van der Waals surface area contributed by atoms with E-state index in [1.807, 2.05) is 19.2 Å². The Bertz CT molecular complexity index is 1080. The van der Waals surface area contributed by atoms with Crippen LogP contribution >= 0.6 is 22.9 Å². The Labute approximate surface area is 192 Å². The van der Waals surface area contributed by atoms with Crippen molar-refractivity contribution in [1.29, 1.82) is 0 Å². The zero-order valence-electron chi connectivity index (χ0n) is 17.6. The molecule has 0 unspecified atom stereocenters. The molecule has 0 saturated heterocycles. The lowest BCUT2D eigenvalue weighted by atomic mass is 10.2. The summed E-state index contributed by atoms with van der Waals surface area (Å²) in [5, 5.41) is 3.29. The summed E-state index contributed by atoms with van der Waals surface area (Å²) < 4.78 is 38.8. The van der Waals surface area contributed by atoms with Gasteiger partial charge < -0.3 is 9.47 Å². The molecule has 2 aromatic carbocycles. The first-order valence-corrected chi connectivity index (χ1v) is 12.4. The van der Waals surface area contributed by atoms with E-state index >= 15 is 0 Å². The molecule has 1 aromatic heterocycles. The fourth-order valence-corrected chi connectivity index (χ4v) is 5.29. The lowest BCUT2D eigenvalue weighted by Crippen LogP contribution is -2.34. The van der Waals surface area contributed by atoms with E-state index in [0.29, 0.717) is 35.4 Å². The first-order valence-electron chi connectivity index (χ1n) is 9.74. The minimum Gasteiger partial charge on any atom is -0.497 e. The zero-order valence-corrected chi connectivity index (χ0v) is 20.0. The Morgan fingerprint density at radius 2 is 1.71 bits per heavy atom. The maximum Gasteiger partial charge on any atom is 0.243 e. The number of sulfonamides is 1.